The van der Waals surface area contributed by atoms with E-state index in [4.69, 9.17) is 4.84 Å². The summed E-state index contributed by atoms with van der Waals surface area (Å²) in [5.74, 6) is -2.25. The van der Waals surface area contributed by atoms with E-state index < -0.39 is 17.5 Å². The third-order valence-electron chi connectivity index (χ3n) is 2.51. The summed E-state index contributed by atoms with van der Waals surface area (Å²) in [6, 6.07) is 12.1. The van der Waals surface area contributed by atoms with Gasteiger partial charge in [-0.1, -0.05) is 35.5 Å². The van der Waals surface area contributed by atoms with Crippen LogP contribution in [-0.4, -0.2) is 12.1 Å². The largest absolute Gasteiger partial charge is 0.391 e. The van der Waals surface area contributed by atoms with Crippen molar-refractivity contribution in [2.75, 3.05) is 5.32 Å². The summed E-state index contributed by atoms with van der Waals surface area (Å²) < 4.78 is 26.0. The van der Waals surface area contributed by atoms with Crippen LogP contribution in [0, 0.1) is 11.6 Å². The Balaban J connectivity index is 1.82. The van der Waals surface area contributed by atoms with Gasteiger partial charge in [0.15, 0.2) is 0 Å². The Morgan fingerprint density at radius 2 is 1.95 bits per heavy atom. The average molecular weight is 290 g/mol. The molecule has 0 fully saturated rings. The molecule has 0 saturated heterocycles. The lowest BCUT2D eigenvalue weighted by Crippen LogP contribution is -2.14. The highest BCUT2D eigenvalue weighted by Crippen LogP contribution is 2.14. The fraction of sp³-hybridized carbons (Fsp3) is 0.0667. The molecule has 1 amide bonds. The monoisotopic (exact) mass is 290 g/mol. The molecule has 0 aliphatic rings. The Kier molecular flexibility index (Phi) is 4.98. The van der Waals surface area contributed by atoms with E-state index in [0.29, 0.717) is 6.07 Å². The quantitative estimate of drug-likeness (QED) is 0.679. The number of carbonyl (C=O) groups is 1. The summed E-state index contributed by atoms with van der Waals surface area (Å²) in [5.41, 5.74) is 0.774. The van der Waals surface area contributed by atoms with Crippen molar-refractivity contribution >= 4 is 17.8 Å². The van der Waals surface area contributed by atoms with Gasteiger partial charge in [-0.3, -0.25) is 4.79 Å². The number of rotatable bonds is 5. The first kappa shape index (κ1) is 14.6. The lowest BCUT2D eigenvalue weighted by molar-refractivity contribution is -0.110. The number of benzene rings is 2. The average Bonchev–Trinajstić information content (AvgIpc) is 2.48. The number of halogens is 2. The summed E-state index contributed by atoms with van der Waals surface area (Å²) in [7, 11) is 0. The van der Waals surface area contributed by atoms with Gasteiger partial charge in [-0.2, -0.15) is 0 Å². The molecule has 108 valence electrons. The molecule has 2 aromatic carbocycles. The Hall–Kier alpha value is -2.76. The van der Waals surface area contributed by atoms with E-state index in [0.717, 1.165) is 23.9 Å². The molecular weight excluding hydrogens is 278 g/mol. The minimum absolute atomic E-state index is 0.129. The van der Waals surface area contributed by atoms with Crippen molar-refractivity contribution in [1.82, 2.24) is 0 Å². The summed E-state index contributed by atoms with van der Waals surface area (Å²) in [6.45, 7) is 0.218. The first-order valence-corrected chi connectivity index (χ1v) is 6.10. The highest BCUT2D eigenvalue weighted by atomic mass is 19.1. The lowest BCUT2D eigenvalue weighted by Gasteiger charge is -2.03. The molecule has 6 heteroatoms. The predicted octanol–water partition coefficient (Wildman–Crippen LogP) is 3.11. The maximum Gasteiger partial charge on any atom is 0.270 e. The highest BCUT2D eigenvalue weighted by molar-refractivity contribution is 6.31. The van der Waals surface area contributed by atoms with Crippen molar-refractivity contribution in [3.8, 4) is 0 Å². The summed E-state index contributed by atoms with van der Waals surface area (Å²) in [6.07, 6.45) is 0.881. The van der Waals surface area contributed by atoms with Gasteiger partial charge in [-0.25, -0.2) is 8.78 Å². The fourth-order valence-corrected chi connectivity index (χ4v) is 1.53. The molecular formula is C15H12F2N2O2. The molecule has 21 heavy (non-hydrogen) atoms. The molecule has 0 unspecified atom stereocenters. The van der Waals surface area contributed by atoms with Crippen LogP contribution in [0.15, 0.2) is 53.7 Å². The number of hydrogen-bond acceptors (Lipinski definition) is 3. The molecule has 1 N–H and O–H groups in total. The highest BCUT2D eigenvalue weighted by Gasteiger charge is 2.06. The maximum absolute atomic E-state index is 13.3. The van der Waals surface area contributed by atoms with Gasteiger partial charge in [0.05, 0.1) is 5.69 Å². The van der Waals surface area contributed by atoms with Gasteiger partial charge in [-0.15, -0.1) is 0 Å². The zero-order valence-corrected chi connectivity index (χ0v) is 10.9. The Bertz CT molecular complexity index is 645. The van der Waals surface area contributed by atoms with E-state index in [2.05, 4.69) is 10.5 Å². The molecule has 0 bridgehead atoms. The molecule has 4 nitrogen and oxygen atoms in total. The van der Waals surface area contributed by atoms with Crippen molar-refractivity contribution in [1.29, 1.82) is 0 Å². The van der Waals surface area contributed by atoms with Crippen LogP contribution < -0.4 is 5.32 Å². The van der Waals surface area contributed by atoms with Crippen LogP contribution in [0.2, 0.25) is 0 Å². The molecule has 0 aromatic heterocycles. The van der Waals surface area contributed by atoms with E-state index >= 15 is 0 Å². The Labute approximate surface area is 120 Å². The van der Waals surface area contributed by atoms with Crippen molar-refractivity contribution < 1.29 is 18.4 Å². The van der Waals surface area contributed by atoms with Gasteiger partial charge in [0.25, 0.3) is 5.91 Å². The second kappa shape index (κ2) is 7.14. The summed E-state index contributed by atoms with van der Waals surface area (Å²) in [5, 5.41) is 5.70. The fourth-order valence-electron chi connectivity index (χ4n) is 1.53. The van der Waals surface area contributed by atoms with Crippen molar-refractivity contribution in [3.05, 3.63) is 65.7 Å². The van der Waals surface area contributed by atoms with Crippen LogP contribution >= 0.6 is 0 Å². The van der Waals surface area contributed by atoms with Crippen molar-refractivity contribution in [2.24, 2.45) is 5.16 Å². The van der Waals surface area contributed by atoms with E-state index in [1.807, 2.05) is 30.3 Å². The molecule has 2 aromatic rings. The van der Waals surface area contributed by atoms with Gasteiger partial charge < -0.3 is 10.2 Å². The Morgan fingerprint density at radius 3 is 2.67 bits per heavy atom. The molecule has 0 saturated carbocycles. The topological polar surface area (TPSA) is 50.7 Å². The smallest absolute Gasteiger partial charge is 0.270 e. The standard InChI is InChI=1S/C15H12F2N2O2/c16-12-6-7-14(13(17)8-12)19-15(20)9-18-21-10-11-4-2-1-3-5-11/h1-9H,10H2,(H,19,20). The second-order valence-electron chi connectivity index (χ2n) is 4.11. The van der Waals surface area contributed by atoms with Crippen molar-refractivity contribution in [3.63, 3.8) is 0 Å². The maximum atomic E-state index is 13.3. The van der Waals surface area contributed by atoms with Gasteiger partial charge in [0.1, 0.15) is 24.5 Å². The first-order valence-electron chi connectivity index (χ1n) is 6.10. The molecule has 0 aliphatic carbocycles. The second-order valence-corrected chi connectivity index (χ2v) is 4.11. The minimum Gasteiger partial charge on any atom is -0.391 e. The number of nitrogens with one attached hydrogen (secondary N) is 1. The number of oxime groups is 1. The van der Waals surface area contributed by atoms with Crippen LogP contribution in [0.4, 0.5) is 14.5 Å². The summed E-state index contributed by atoms with van der Waals surface area (Å²) >= 11 is 0. The van der Waals surface area contributed by atoms with E-state index in [1.54, 1.807) is 0 Å². The third kappa shape index (κ3) is 4.68. The molecule has 0 radical (unpaired) electrons. The molecule has 0 aliphatic heterocycles. The van der Waals surface area contributed by atoms with Gasteiger partial charge >= 0.3 is 0 Å². The van der Waals surface area contributed by atoms with Crippen LogP contribution in [0.3, 0.4) is 0 Å². The molecule has 0 spiro atoms. The number of anilines is 1. The van der Waals surface area contributed by atoms with Crippen LogP contribution in [0.25, 0.3) is 0 Å². The van der Waals surface area contributed by atoms with Gasteiger partial charge in [-0.05, 0) is 17.7 Å². The number of amides is 1. The lowest BCUT2D eigenvalue weighted by atomic mass is 10.2. The minimum atomic E-state index is -0.859. The SMILES string of the molecule is O=C(C=NOCc1ccccc1)Nc1ccc(F)cc1F. The first-order chi connectivity index (χ1) is 10.1. The van der Waals surface area contributed by atoms with Gasteiger partial charge in [0.2, 0.25) is 0 Å². The zero-order chi connectivity index (χ0) is 15.1. The molecule has 0 heterocycles. The number of hydrogen-bond donors (Lipinski definition) is 1. The Morgan fingerprint density at radius 1 is 1.19 bits per heavy atom. The number of nitrogens with zero attached hydrogens (tertiary/aromatic N) is 1. The number of carbonyl (C=O) groups excluding carboxylic acids is 1. The summed E-state index contributed by atoms with van der Waals surface area (Å²) in [4.78, 5) is 16.4. The van der Waals surface area contributed by atoms with E-state index in [1.165, 1.54) is 0 Å². The van der Waals surface area contributed by atoms with Crippen molar-refractivity contribution in [2.45, 2.75) is 6.61 Å². The van der Waals surface area contributed by atoms with Gasteiger partial charge in [0, 0.05) is 6.07 Å². The van der Waals surface area contributed by atoms with E-state index in [-0.39, 0.29) is 12.3 Å². The van der Waals surface area contributed by atoms with Crippen LogP contribution in [0.1, 0.15) is 5.56 Å². The normalized spacial score (nSPS) is 10.6. The molecule has 0 atom stereocenters. The third-order valence-corrected chi connectivity index (χ3v) is 2.51. The molecule has 2 rings (SSSR count). The predicted molar refractivity (Wildman–Crippen MR) is 74.7 cm³/mol. The zero-order valence-electron chi connectivity index (χ0n) is 10.9. The van der Waals surface area contributed by atoms with E-state index in [9.17, 15) is 13.6 Å². The van der Waals surface area contributed by atoms with Crippen LogP contribution in [0.5, 0.6) is 0 Å². The van der Waals surface area contributed by atoms with Crippen LogP contribution in [-0.2, 0) is 16.2 Å².